The molecule has 1 amide bonds. The Morgan fingerprint density at radius 3 is 2.89 bits per heavy atom. The number of aromatic nitrogens is 1. The van der Waals surface area contributed by atoms with Gasteiger partial charge in [-0.1, -0.05) is 6.07 Å². The van der Waals surface area contributed by atoms with Crippen molar-refractivity contribution in [2.45, 2.75) is 38.3 Å². The molecule has 1 fully saturated rings. The number of hydrogen-bond acceptors (Lipinski definition) is 4. The molecule has 0 N–H and O–H groups in total. The van der Waals surface area contributed by atoms with E-state index < -0.39 is 0 Å². The maximum atomic E-state index is 12.4. The Balaban J connectivity index is 1.58. The molecular formula is C14H16N2OS2. The fraction of sp³-hybridized carbons (Fsp3) is 0.429. The number of rotatable bonds is 6. The Hall–Kier alpha value is -1.20. The zero-order chi connectivity index (χ0) is 13.1. The zero-order valence-corrected chi connectivity index (χ0v) is 12.3. The van der Waals surface area contributed by atoms with Crippen molar-refractivity contribution in [3.63, 3.8) is 0 Å². The maximum Gasteiger partial charge on any atom is 0.223 e. The topological polar surface area (TPSA) is 33.2 Å². The normalized spacial score (nSPS) is 14.5. The largest absolute Gasteiger partial charge is 0.333 e. The summed E-state index contributed by atoms with van der Waals surface area (Å²) < 4.78 is 0. The number of nitrogens with zero attached hydrogens (tertiary/aromatic N) is 2. The summed E-state index contributed by atoms with van der Waals surface area (Å²) in [6.45, 7) is 0.686. The van der Waals surface area contributed by atoms with E-state index in [4.69, 9.17) is 0 Å². The van der Waals surface area contributed by atoms with Gasteiger partial charge in [0.25, 0.3) is 0 Å². The molecule has 2 aromatic heterocycles. The molecule has 0 atom stereocenters. The van der Waals surface area contributed by atoms with Crippen LogP contribution in [-0.2, 0) is 17.8 Å². The van der Waals surface area contributed by atoms with Crippen LogP contribution in [0.5, 0.6) is 0 Å². The van der Waals surface area contributed by atoms with Gasteiger partial charge in [0.15, 0.2) is 0 Å². The van der Waals surface area contributed by atoms with E-state index in [2.05, 4.69) is 16.4 Å². The highest BCUT2D eigenvalue weighted by Gasteiger charge is 2.32. The Morgan fingerprint density at radius 1 is 1.37 bits per heavy atom. The highest BCUT2D eigenvalue weighted by molar-refractivity contribution is 7.10. The van der Waals surface area contributed by atoms with Crippen LogP contribution in [0.15, 0.2) is 29.1 Å². The van der Waals surface area contributed by atoms with Gasteiger partial charge in [-0.05, 0) is 30.7 Å². The molecule has 0 bridgehead atoms. The van der Waals surface area contributed by atoms with Crippen molar-refractivity contribution in [1.29, 1.82) is 0 Å². The van der Waals surface area contributed by atoms with Crippen LogP contribution in [0.3, 0.4) is 0 Å². The minimum Gasteiger partial charge on any atom is -0.333 e. The van der Waals surface area contributed by atoms with Crippen LogP contribution in [0.4, 0.5) is 0 Å². The minimum absolute atomic E-state index is 0.270. The first kappa shape index (κ1) is 12.8. The van der Waals surface area contributed by atoms with Crippen LogP contribution in [0, 0.1) is 0 Å². The fourth-order valence-electron chi connectivity index (χ4n) is 2.11. The second-order valence-corrected chi connectivity index (χ2v) is 6.77. The van der Waals surface area contributed by atoms with Crippen molar-refractivity contribution in [2.75, 3.05) is 0 Å². The summed E-state index contributed by atoms with van der Waals surface area (Å²) in [4.78, 5) is 19.9. The van der Waals surface area contributed by atoms with Gasteiger partial charge in [-0.15, -0.1) is 22.7 Å². The van der Waals surface area contributed by atoms with E-state index in [1.807, 2.05) is 16.3 Å². The second-order valence-electron chi connectivity index (χ2n) is 4.76. The smallest absolute Gasteiger partial charge is 0.223 e. The van der Waals surface area contributed by atoms with E-state index in [0.29, 0.717) is 19.0 Å². The molecule has 2 heterocycles. The molecule has 3 nitrogen and oxygen atoms in total. The third-order valence-electron chi connectivity index (χ3n) is 3.26. The molecule has 1 aliphatic carbocycles. The Bertz CT molecular complexity index is 518. The molecule has 2 aromatic rings. The third kappa shape index (κ3) is 3.42. The van der Waals surface area contributed by atoms with Gasteiger partial charge in [0, 0.05) is 28.9 Å². The number of carbonyl (C=O) groups is 1. The summed E-state index contributed by atoms with van der Waals surface area (Å²) in [6.07, 6.45) is 5.58. The van der Waals surface area contributed by atoms with Crippen LogP contribution in [-0.4, -0.2) is 21.8 Å². The molecule has 0 aliphatic heterocycles. The molecule has 5 heteroatoms. The molecule has 0 saturated heterocycles. The monoisotopic (exact) mass is 292 g/mol. The van der Waals surface area contributed by atoms with Gasteiger partial charge in [0.2, 0.25) is 5.91 Å². The number of thiazole rings is 1. The van der Waals surface area contributed by atoms with Gasteiger partial charge in [0.1, 0.15) is 5.01 Å². The average Bonchev–Trinajstić information content (AvgIpc) is 2.94. The molecule has 0 radical (unpaired) electrons. The molecule has 1 saturated carbocycles. The maximum absolute atomic E-state index is 12.4. The van der Waals surface area contributed by atoms with Gasteiger partial charge in [-0.2, -0.15) is 0 Å². The van der Waals surface area contributed by atoms with Crippen LogP contribution >= 0.6 is 22.7 Å². The second kappa shape index (κ2) is 5.84. The van der Waals surface area contributed by atoms with Crippen molar-refractivity contribution in [3.05, 3.63) is 39.0 Å². The summed E-state index contributed by atoms with van der Waals surface area (Å²) in [5, 5.41) is 5.07. The zero-order valence-electron chi connectivity index (χ0n) is 10.6. The highest BCUT2D eigenvalue weighted by Crippen LogP contribution is 2.29. The predicted molar refractivity (Wildman–Crippen MR) is 78.3 cm³/mol. The Morgan fingerprint density at radius 2 is 2.26 bits per heavy atom. The third-order valence-corrected chi connectivity index (χ3v) is 4.96. The SMILES string of the molecule is O=C(CCc1cccs1)N(Cc1nccs1)C1CC1. The first-order valence-electron chi connectivity index (χ1n) is 6.53. The van der Waals surface area contributed by atoms with E-state index in [1.54, 1.807) is 28.9 Å². The average molecular weight is 292 g/mol. The van der Waals surface area contributed by atoms with Crippen molar-refractivity contribution in [2.24, 2.45) is 0 Å². The molecule has 100 valence electrons. The molecule has 3 rings (SSSR count). The van der Waals surface area contributed by atoms with E-state index in [-0.39, 0.29) is 5.91 Å². The number of thiophene rings is 1. The van der Waals surface area contributed by atoms with Gasteiger partial charge in [-0.3, -0.25) is 4.79 Å². The van der Waals surface area contributed by atoms with Gasteiger partial charge in [0.05, 0.1) is 6.54 Å². The number of hydrogen-bond donors (Lipinski definition) is 0. The number of carbonyl (C=O) groups excluding carboxylic acids is 1. The van der Waals surface area contributed by atoms with Crippen LogP contribution in [0.1, 0.15) is 29.1 Å². The van der Waals surface area contributed by atoms with Gasteiger partial charge in [-0.25, -0.2) is 4.98 Å². The first-order valence-corrected chi connectivity index (χ1v) is 8.29. The first-order chi connectivity index (χ1) is 9.33. The van der Waals surface area contributed by atoms with E-state index in [0.717, 1.165) is 24.3 Å². The Kier molecular flexibility index (Phi) is 3.94. The van der Waals surface area contributed by atoms with Crippen molar-refractivity contribution < 1.29 is 4.79 Å². The Labute approximate surface area is 120 Å². The lowest BCUT2D eigenvalue weighted by Crippen LogP contribution is -2.32. The van der Waals surface area contributed by atoms with Crippen LogP contribution in [0.25, 0.3) is 0 Å². The highest BCUT2D eigenvalue weighted by atomic mass is 32.1. The van der Waals surface area contributed by atoms with Crippen molar-refractivity contribution in [3.8, 4) is 0 Å². The van der Waals surface area contributed by atoms with Crippen molar-refractivity contribution >= 4 is 28.6 Å². The lowest BCUT2D eigenvalue weighted by Gasteiger charge is -2.21. The summed E-state index contributed by atoms with van der Waals surface area (Å²) in [6, 6.07) is 4.60. The molecular weight excluding hydrogens is 276 g/mol. The summed E-state index contributed by atoms with van der Waals surface area (Å²) in [5.74, 6) is 0.270. The minimum atomic E-state index is 0.270. The lowest BCUT2D eigenvalue weighted by molar-refractivity contribution is -0.132. The summed E-state index contributed by atoms with van der Waals surface area (Å²) in [7, 11) is 0. The van der Waals surface area contributed by atoms with Gasteiger partial charge < -0.3 is 4.90 Å². The predicted octanol–water partition coefficient (Wildman–Crippen LogP) is 3.33. The van der Waals surface area contributed by atoms with E-state index in [9.17, 15) is 4.79 Å². The summed E-state index contributed by atoms with van der Waals surface area (Å²) in [5.41, 5.74) is 0. The van der Waals surface area contributed by atoms with Crippen molar-refractivity contribution in [1.82, 2.24) is 9.88 Å². The van der Waals surface area contributed by atoms with E-state index in [1.165, 1.54) is 4.88 Å². The lowest BCUT2D eigenvalue weighted by atomic mass is 10.2. The van der Waals surface area contributed by atoms with Crippen LogP contribution in [0.2, 0.25) is 0 Å². The van der Waals surface area contributed by atoms with Gasteiger partial charge >= 0.3 is 0 Å². The van der Waals surface area contributed by atoms with Crippen LogP contribution < -0.4 is 0 Å². The fourth-order valence-corrected chi connectivity index (χ4v) is 3.44. The number of aryl methyl sites for hydroxylation is 1. The summed E-state index contributed by atoms with van der Waals surface area (Å²) >= 11 is 3.35. The molecule has 0 spiro atoms. The molecule has 0 unspecified atom stereocenters. The molecule has 1 aliphatic rings. The molecule has 19 heavy (non-hydrogen) atoms. The quantitative estimate of drug-likeness (QED) is 0.818. The molecule has 0 aromatic carbocycles. The standard InChI is InChI=1S/C14H16N2OS2/c17-14(6-5-12-2-1-8-18-12)16(11-3-4-11)10-13-15-7-9-19-13/h1-2,7-9,11H,3-6,10H2. The van der Waals surface area contributed by atoms with E-state index >= 15 is 0 Å². The number of amides is 1.